The van der Waals surface area contributed by atoms with E-state index in [4.69, 9.17) is 9.84 Å². The monoisotopic (exact) mass is 255 g/mol. The number of hydrogen-bond acceptors (Lipinski definition) is 3. The second-order valence-corrected chi connectivity index (χ2v) is 5.57. The highest BCUT2D eigenvalue weighted by atomic mass is 16.5. The molecule has 5 nitrogen and oxygen atoms in total. The van der Waals surface area contributed by atoms with E-state index in [0.717, 1.165) is 0 Å². The topological polar surface area (TPSA) is 66.8 Å². The van der Waals surface area contributed by atoms with E-state index in [1.54, 1.807) is 4.90 Å². The van der Waals surface area contributed by atoms with Gasteiger partial charge in [-0.1, -0.05) is 13.8 Å². The third-order valence-electron chi connectivity index (χ3n) is 4.06. The Labute approximate surface area is 107 Å². The fraction of sp³-hybridized carbons (Fsp3) is 0.846. The largest absolute Gasteiger partial charge is 0.481 e. The summed E-state index contributed by atoms with van der Waals surface area (Å²) in [5.41, 5.74) is 0. The lowest BCUT2D eigenvalue weighted by Crippen LogP contribution is -2.52. The second kappa shape index (κ2) is 5.26. The Bertz CT molecular complexity index is 342. The first-order chi connectivity index (χ1) is 8.50. The molecule has 1 saturated heterocycles. The number of carboxylic acid groups (broad SMARTS) is 1. The number of rotatable bonds is 3. The van der Waals surface area contributed by atoms with Gasteiger partial charge in [-0.25, -0.2) is 0 Å². The highest BCUT2D eigenvalue weighted by molar-refractivity contribution is 5.86. The van der Waals surface area contributed by atoms with Crippen molar-refractivity contribution in [3.8, 4) is 0 Å². The summed E-state index contributed by atoms with van der Waals surface area (Å²) >= 11 is 0. The van der Waals surface area contributed by atoms with Gasteiger partial charge in [0.05, 0.1) is 24.5 Å². The van der Waals surface area contributed by atoms with Crippen LogP contribution in [-0.2, 0) is 14.3 Å². The van der Waals surface area contributed by atoms with Gasteiger partial charge in [-0.05, 0) is 18.8 Å². The SMILES string of the molecule is CC(C)C1CN(C(=O)C2CCC2C(=O)O)CCO1. The van der Waals surface area contributed by atoms with E-state index in [2.05, 4.69) is 13.8 Å². The molecule has 0 spiro atoms. The molecule has 1 amide bonds. The van der Waals surface area contributed by atoms with Gasteiger partial charge in [-0.2, -0.15) is 0 Å². The number of carboxylic acids is 1. The van der Waals surface area contributed by atoms with Gasteiger partial charge in [-0.3, -0.25) is 9.59 Å². The molecule has 102 valence electrons. The van der Waals surface area contributed by atoms with Crippen molar-refractivity contribution in [1.82, 2.24) is 4.90 Å². The second-order valence-electron chi connectivity index (χ2n) is 5.57. The Hall–Kier alpha value is -1.10. The number of aliphatic carboxylic acids is 1. The number of ether oxygens (including phenoxy) is 1. The molecule has 1 aliphatic carbocycles. The van der Waals surface area contributed by atoms with Crippen molar-refractivity contribution in [2.45, 2.75) is 32.8 Å². The molecular formula is C13H21NO4. The highest BCUT2D eigenvalue weighted by Gasteiger charge is 2.44. The van der Waals surface area contributed by atoms with Crippen LogP contribution in [0.1, 0.15) is 26.7 Å². The quantitative estimate of drug-likeness (QED) is 0.816. The predicted octanol–water partition coefficient (Wildman–Crippen LogP) is 0.981. The third kappa shape index (κ3) is 2.51. The van der Waals surface area contributed by atoms with Gasteiger partial charge in [0.15, 0.2) is 0 Å². The Morgan fingerprint density at radius 3 is 2.44 bits per heavy atom. The lowest BCUT2D eigenvalue weighted by atomic mass is 9.73. The fourth-order valence-electron chi connectivity index (χ4n) is 2.60. The Morgan fingerprint density at radius 2 is 1.94 bits per heavy atom. The molecule has 0 aromatic rings. The Morgan fingerprint density at radius 1 is 1.28 bits per heavy atom. The molecule has 0 aromatic carbocycles. The molecule has 0 aromatic heterocycles. The summed E-state index contributed by atoms with van der Waals surface area (Å²) in [6, 6.07) is 0. The summed E-state index contributed by atoms with van der Waals surface area (Å²) in [7, 11) is 0. The van der Waals surface area contributed by atoms with Crippen LogP contribution in [0.3, 0.4) is 0 Å². The molecule has 1 N–H and O–H groups in total. The number of amides is 1. The van der Waals surface area contributed by atoms with Crippen molar-refractivity contribution >= 4 is 11.9 Å². The van der Waals surface area contributed by atoms with Crippen molar-refractivity contribution in [3.05, 3.63) is 0 Å². The van der Waals surface area contributed by atoms with Crippen LogP contribution in [0, 0.1) is 17.8 Å². The lowest BCUT2D eigenvalue weighted by Gasteiger charge is -2.40. The molecule has 2 fully saturated rings. The minimum absolute atomic E-state index is 0.00241. The zero-order valence-electron chi connectivity index (χ0n) is 11.0. The average Bonchev–Trinajstić information content (AvgIpc) is 2.26. The standard InChI is InChI=1S/C13H21NO4/c1-8(2)11-7-14(5-6-18-11)12(15)9-3-4-10(9)13(16)17/h8-11H,3-7H2,1-2H3,(H,16,17). The van der Waals surface area contributed by atoms with Gasteiger partial charge in [0.25, 0.3) is 0 Å². The first-order valence-electron chi connectivity index (χ1n) is 6.64. The molecule has 0 radical (unpaired) electrons. The van der Waals surface area contributed by atoms with Crippen molar-refractivity contribution in [2.75, 3.05) is 19.7 Å². The van der Waals surface area contributed by atoms with Crippen molar-refractivity contribution < 1.29 is 19.4 Å². The van der Waals surface area contributed by atoms with Crippen LogP contribution < -0.4 is 0 Å². The minimum atomic E-state index is -0.840. The van der Waals surface area contributed by atoms with Crippen LogP contribution in [-0.4, -0.2) is 47.7 Å². The Balaban J connectivity index is 1.95. The van der Waals surface area contributed by atoms with Crippen LogP contribution in [0.15, 0.2) is 0 Å². The van der Waals surface area contributed by atoms with Crippen LogP contribution in [0.25, 0.3) is 0 Å². The molecule has 0 bridgehead atoms. The molecule has 3 unspecified atom stereocenters. The molecule has 1 aliphatic heterocycles. The Kier molecular flexibility index (Phi) is 3.90. The van der Waals surface area contributed by atoms with Crippen LogP contribution in [0.2, 0.25) is 0 Å². The van der Waals surface area contributed by atoms with E-state index in [9.17, 15) is 9.59 Å². The maximum Gasteiger partial charge on any atom is 0.307 e. The summed E-state index contributed by atoms with van der Waals surface area (Å²) in [6.07, 6.45) is 1.41. The molecule has 2 rings (SSSR count). The maximum absolute atomic E-state index is 12.3. The third-order valence-corrected chi connectivity index (χ3v) is 4.06. The maximum atomic E-state index is 12.3. The van der Waals surface area contributed by atoms with Crippen LogP contribution >= 0.6 is 0 Å². The minimum Gasteiger partial charge on any atom is -0.481 e. The summed E-state index contributed by atoms with van der Waals surface area (Å²) in [4.78, 5) is 25.0. The van der Waals surface area contributed by atoms with Gasteiger partial charge in [0, 0.05) is 13.1 Å². The van der Waals surface area contributed by atoms with Gasteiger partial charge in [0.2, 0.25) is 5.91 Å². The van der Waals surface area contributed by atoms with Gasteiger partial charge in [-0.15, -0.1) is 0 Å². The molecule has 1 heterocycles. The van der Waals surface area contributed by atoms with E-state index in [1.165, 1.54) is 0 Å². The molecule has 18 heavy (non-hydrogen) atoms. The van der Waals surface area contributed by atoms with E-state index in [-0.39, 0.29) is 17.9 Å². The summed E-state index contributed by atoms with van der Waals surface area (Å²) in [5, 5.41) is 9.00. The molecule has 1 saturated carbocycles. The number of carbonyl (C=O) groups is 2. The normalized spacial score (nSPS) is 32.2. The van der Waals surface area contributed by atoms with Gasteiger partial charge >= 0.3 is 5.97 Å². The van der Waals surface area contributed by atoms with Crippen molar-refractivity contribution in [2.24, 2.45) is 17.8 Å². The van der Waals surface area contributed by atoms with E-state index >= 15 is 0 Å². The number of carbonyl (C=O) groups excluding carboxylic acids is 1. The molecule has 3 atom stereocenters. The smallest absolute Gasteiger partial charge is 0.307 e. The number of morpholine rings is 1. The first-order valence-corrected chi connectivity index (χ1v) is 6.64. The summed E-state index contributed by atoms with van der Waals surface area (Å²) in [6.45, 7) is 5.88. The highest BCUT2D eigenvalue weighted by Crippen LogP contribution is 2.36. The van der Waals surface area contributed by atoms with Gasteiger partial charge < -0.3 is 14.7 Å². The summed E-state index contributed by atoms with van der Waals surface area (Å²) < 4.78 is 5.62. The molecular weight excluding hydrogens is 234 g/mol. The van der Waals surface area contributed by atoms with Crippen molar-refractivity contribution in [3.63, 3.8) is 0 Å². The first kappa shape index (κ1) is 13.3. The predicted molar refractivity (Wildman–Crippen MR) is 65.0 cm³/mol. The van der Waals surface area contributed by atoms with E-state index in [0.29, 0.717) is 38.5 Å². The average molecular weight is 255 g/mol. The number of hydrogen-bond donors (Lipinski definition) is 1. The zero-order valence-corrected chi connectivity index (χ0v) is 11.0. The van der Waals surface area contributed by atoms with E-state index in [1.807, 2.05) is 0 Å². The summed E-state index contributed by atoms with van der Waals surface area (Å²) in [5.74, 6) is -1.25. The lowest BCUT2D eigenvalue weighted by molar-refractivity contribution is -0.160. The number of nitrogens with zero attached hydrogens (tertiary/aromatic N) is 1. The van der Waals surface area contributed by atoms with Crippen LogP contribution in [0.5, 0.6) is 0 Å². The van der Waals surface area contributed by atoms with Crippen molar-refractivity contribution in [1.29, 1.82) is 0 Å². The van der Waals surface area contributed by atoms with Crippen LogP contribution in [0.4, 0.5) is 0 Å². The molecule has 5 heteroatoms. The van der Waals surface area contributed by atoms with Gasteiger partial charge in [0.1, 0.15) is 0 Å². The molecule has 2 aliphatic rings. The zero-order chi connectivity index (χ0) is 13.3. The van der Waals surface area contributed by atoms with E-state index < -0.39 is 11.9 Å². The fourth-order valence-corrected chi connectivity index (χ4v) is 2.60.